The molecule has 0 spiro atoms. The quantitative estimate of drug-likeness (QED) is 0.240. The Balaban J connectivity index is 1.55. The van der Waals surface area contributed by atoms with Crippen molar-refractivity contribution < 1.29 is 18.3 Å². The van der Waals surface area contributed by atoms with E-state index < -0.39 is 15.1 Å². The Bertz CT molecular complexity index is 1430. The summed E-state index contributed by atoms with van der Waals surface area (Å²) < 4.78 is 32.3. The number of rotatable bonds is 12. The maximum atomic E-state index is 13.0. The van der Waals surface area contributed by atoms with E-state index in [1.165, 1.54) is 11.8 Å². The Hall–Kier alpha value is -2.66. The van der Waals surface area contributed by atoms with Crippen LogP contribution in [-0.4, -0.2) is 66.0 Å². The Labute approximate surface area is 261 Å². The third kappa shape index (κ3) is 8.09. The van der Waals surface area contributed by atoms with Crippen LogP contribution in [0.15, 0.2) is 58.5 Å². The first-order chi connectivity index (χ1) is 20.4. The zero-order valence-electron chi connectivity index (χ0n) is 26.1. The van der Waals surface area contributed by atoms with Crippen molar-refractivity contribution in [2.45, 2.75) is 89.0 Å². The van der Waals surface area contributed by atoms with Gasteiger partial charge in [-0.3, -0.25) is 0 Å². The average molecular weight is 632 g/mol. The summed E-state index contributed by atoms with van der Waals surface area (Å²) in [5, 5.41) is 15.5. The zero-order valence-corrected chi connectivity index (χ0v) is 27.7. The lowest BCUT2D eigenvalue weighted by Crippen LogP contribution is -2.38. The van der Waals surface area contributed by atoms with Gasteiger partial charge >= 0.3 is 0 Å². The lowest BCUT2D eigenvalue weighted by molar-refractivity contribution is 0.104. The average Bonchev–Trinajstić information content (AvgIpc) is 2.96. The molecule has 1 saturated carbocycles. The van der Waals surface area contributed by atoms with Gasteiger partial charge in [-0.15, -0.1) is 0 Å². The third-order valence-electron chi connectivity index (χ3n) is 8.48. The zero-order chi connectivity index (χ0) is 31.3. The monoisotopic (exact) mass is 631 g/mol. The van der Waals surface area contributed by atoms with Gasteiger partial charge in [0.1, 0.15) is 10.8 Å². The molecule has 1 unspecified atom stereocenters. The highest BCUT2D eigenvalue weighted by Crippen LogP contribution is 2.42. The van der Waals surface area contributed by atoms with Gasteiger partial charge in [0.05, 0.1) is 40.4 Å². The van der Waals surface area contributed by atoms with Crippen LogP contribution >= 0.6 is 11.6 Å². The summed E-state index contributed by atoms with van der Waals surface area (Å²) in [5.74, 6) is 2.48. The number of nitrogens with one attached hydrogen (secondary N) is 2. The highest BCUT2D eigenvalue weighted by molar-refractivity contribution is 7.92. The van der Waals surface area contributed by atoms with Crippen LogP contribution in [0.3, 0.4) is 0 Å². The van der Waals surface area contributed by atoms with E-state index in [4.69, 9.17) is 16.3 Å². The van der Waals surface area contributed by atoms with Gasteiger partial charge in [-0.05, 0) is 97.4 Å². The molecule has 1 aromatic carbocycles. The van der Waals surface area contributed by atoms with Gasteiger partial charge in [-0.25, -0.2) is 13.4 Å². The normalized spacial score (nSPS) is 21.4. The molecule has 0 amide bonds. The van der Waals surface area contributed by atoms with Crippen LogP contribution < -0.4 is 10.6 Å². The van der Waals surface area contributed by atoms with E-state index >= 15 is 0 Å². The molecule has 0 bridgehead atoms. The number of hydrogen-bond donors (Lipinski definition) is 3. The molecule has 1 heterocycles. The standard InChI is InChI=1S/C32H46ClN5O4S/c1-20(2)42-29-18-25(23-11-13-24(14-12-23)38(6)15-16-39)22(5)17-28(29)36-32-34-19-26(33)31(37-32)35-27-9-7-8-10-30(27)43(40,41)21(3)4/h7-10,17,19-21,23-25,39H,11-16,18H2,1-6H3,(H2,34,35,36,37)/t23-,24+,25?. The van der Waals surface area contributed by atoms with Gasteiger partial charge in [0.25, 0.3) is 0 Å². The van der Waals surface area contributed by atoms with E-state index in [9.17, 15) is 13.5 Å². The molecule has 1 aromatic heterocycles. The number of aliphatic hydroxyl groups excluding tert-OH is 1. The second kappa shape index (κ2) is 14.4. The summed E-state index contributed by atoms with van der Waals surface area (Å²) >= 11 is 6.46. The number of benzene rings is 1. The topological polar surface area (TPSA) is 117 Å². The number of hydrogen-bond acceptors (Lipinski definition) is 9. The van der Waals surface area contributed by atoms with Crippen molar-refractivity contribution >= 4 is 38.9 Å². The minimum Gasteiger partial charge on any atom is -0.493 e. The SMILES string of the molecule is CC1=CC(Nc2ncc(Cl)c(Nc3ccccc3S(=O)(=O)C(C)C)n2)=C(OC(C)C)CC1[C@H]1CC[C@@H](N(C)CCO)CC1. The molecule has 4 rings (SSSR count). The number of aliphatic hydroxyl groups is 1. The summed E-state index contributed by atoms with van der Waals surface area (Å²) in [5.41, 5.74) is 2.51. The first kappa shape index (κ1) is 33.2. The molecule has 3 N–H and O–H groups in total. The number of ether oxygens (including phenoxy) is 1. The molecule has 2 aromatic rings. The van der Waals surface area contributed by atoms with E-state index in [1.807, 2.05) is 13.8 Å². The van der Waals surface area contributed by atoms with Crippen LogP contribution in [0.25, 0.3) is 0 Å². The number of likely N-dealkylation sites (N-methyl/N-ethyl adjacent to an activating group) is 1. The van der Waals surface area contributed by atoms with Crippen molar-refractivity contribution in [2.75, 3.05) is 30.8 Å². The maximum absolute atomic E-state index is 13.0. The lowest BCUT2D eigenvalue weighted by atomic mass is 9.72. The fourth-order valence-electron chi connectivity index (χ4n) is 6.05. The number of nitrogens with zero attached hydrogens (tertiary/aromatic N) is 3. The van der Waals surface area contributed by atoms with Gasteiger partial charge in [-0.1, -0.05) is 29.3 Å². The molecular formula is C32H46ClN5O4S. The van der Waals surface area contributed by atoms with Crippen molar-refractivity contribution in [3.63, 3.8) is 0 Å². The van der Waals surface area contributed by atoms with Crippen LogP contribution in [0.5, 0.6) is 0 Å². The van der Waals surface area contributed by atoms with E-state index in [0.717, 1.165) is 50.1 Å². The molecule has 236 valence electrons. The molecule has 2 aliphatic rings. The number of para-hydroxylation sites is 1. The van der Waals surface area contributed by atoms with Crippen molar-refractivity contribution in [2.24, 2.45) is 11.8 Å². The first-order valence-corrected chi connectivity index (χ1v) is 17.1. The Morgan fingerprint density at radius 3 is 2.47 bits per heavy atom. The van der Waals surface area contributed by atoms with Gasteiger partial charge in [0, 0.05) is 19.0 Å². The second-order valence-electron chi connectivity index (χ2n) is 12.2. The second-order valence-corrected chi connectivity index (χ2v) is 15.1. The highest BCUT2D eigenvalue weighted by Gasteiger charge is 2.33. The van der Waals surface area contributed by atoms with E-state index in [-0.39, 0.29) is 22.6 Å². The van der Waals surface area contributed by atoms with Crippen molar-refractivity contribution in [1.29, 1.82) is 0 Å². The summed E-state index contributed by atoms with van der Waals surface area (Å²) in [6, 6.07) is 7.27. The predicted molar refractivity (Wildman–Crippen MR) is 173 cm³/mol. The Kier molecular flexibility index (Phi) is 11.1. The van der Waals surface area contributed by atoms with Gasteiger partial charge < -0.3 is 25.4 Å². The molecule has 1 atom stereocenters. The van der Waals surface area contributed by atoms with Crippen molar-refractivity contribution in [3.05, 3.63) is 58.6 Å². The fourth-order valence-corrected chi connectivity index (χ4v) is 7.39. The Morgan fingerprint density at radius 2 is 1.81 bits per heavy atom. The number of aromatic nitrogens is 2. The molecule has 0 radical (unpaired) electrons. The fraction of sp³-hybridized carbons (Fsp3) is 0.562. The first-order valence-electron chi connectivity index (χ1n) is 15.2. The largest absolute Gasteiger partial charge is 0.493 e. The number of anilines is 3. The van der Waals surface area contributed by atoms with Crippen LogP contribution in [0, 0.1) is 11.8 Å². The molecule has 0 saturated heterocycles. The molecule has 1 fully saturated rings. The van der Waals surface area contributed by atoms with Crippen LogP contribution in [0.4, 0.5) is 17.5 Å². The van der Waals surface area contributed by atoms with E-state index in [0.29, 0.717) is 35.3 Å². The summed E-state index contributed by atoms with van der Waals surface area (Å²) in [4.78, 5) is 11.5. The minimum atomic E-state index is -3.53. The lowest BCUT2D eigenvalue weighted by Gasteiger charge is -2.39. The van der Waals surface area contributed by atoms with Crippen LogP contribution in [0.1, 0.15) is 66.7 Å². The maximum Gasteiger partial charge on any atom is 0.229 e. The van der Waals surface area contributed by atoms with Crippen LogP contribution in [0.2, 0.25) is 5.02 Å². The van der Waals surface area contributed by atoms with Crippen molar-refractivity contribution in [1.82, 2.24) is 14.9 Å². The number of sulfone groups is 1. The Morgan fingerprint density at radius 1 is 1.12 bits per heavy atom. The van der Waals surface area contributed by atoms with Crippen molar-refractivity contribution in [3.8, 4) is 0 Å². The molecule has 9 nitrogen and oxygen atoms in total. The third-order valence-corrected chi connectivity index (χ3v) is 11.0. The highest BCUT2D eigenvalue weighted by atomic mass is 35.5. The van der Waals surface area contributed by atoms with Gasteiger partial charge in [-0.2, -0.15) is 4.98 Å². The van der Waals surface area contributed by atoms with Gasteiger partial charge in [0.15, 0.2) is 15.7 Å². The summed E-state index contributed by atoms with van der Waals surface area (Å²) in [7, 11) is -1.43. The van der Waals surface area contributed by atoms with E-state index in [1.54, 1.807) is 38.1 Å². The van der Waals surface area contributed by atoms with E-state index in [2.05, 4.69) is 45.5 Å². The summed E-state index contributed by atoms with van der Waals surface area (Å²) in [6.45, 7) is 10.5. The molecular weight excluding hydrogens is 586 g/mol. The van der Waals surface area contributed by atoms with Gasteiger partial charge in [0.2, 0.25) is 5.95 Å². The molecule has 0 aliphatic heterocycles. The summed E-state index contributed by atoms with van der Waals surface area (Å²) in [6.07, 6.45) is 9.01. The minimum absolute atomic E-state index is 0.00453. The molecule has 2 aliphatic carbocycles. The van der Waals surface area contributed by atoms with Crippen LogP contribution in [-0.2, 0) is 14.6 Å². The molecule has 11 heteroatoms. The smallest absolute Gasteiger partial charge is 0.229 e. The molecule has 43 heavy (non-hydrogen) atoms. The number of allylic oxidation sites excluding steroid dienone is 3. The number of halogens is 1. The predicted octanol–water partition coefficient (Wildman–Crippen LogP) is 6.55.